The molecule has 0 aliphatic rings. The summed E-state index contributed by atoms with van der Waals surface area (Å²) in [5.41, 5.74) is 5.96. The van der Waals surface area contributed by atoms with Gasteiger partial charge in [0, 0.05) is 0 Å². The zero-order valence-electron chi connectivity index (χ0n) is 14.8. The number of carbonyl (C=O) groups is 1. The van der Waals surface area contributed by atoms with Crippen molar-refractivity contribution in [3.05, 3.63) is 53.1 Å². The van der Waals surface area contributed by atoms with Crippen LogP contribution in [0.3, 0.4) is 0 Å². The number of aryl methyl sites for hydroxylation is 1. The van der Waals surface area contributed by atoms with Gasteiger partial charge in [0.25, 0.3) is 0 Å². The third kappa shape index (κ3) is 3.97. The molecule has 0 saturated heterocycles. The summed E-state index contributed by atoms with van der Waals surface area (Å²) in [6.07, 6.45) is 3.72. The Morgan fingerprint density at radius 3 is 2.29 bits per heavy atom. The second-order valence-electron chi connectivity index (χ2n) is 5.90. The van der Waals surface area contributed by atoms with E-state index in [0.717, 1.165) is 24.8 Å². The van der Waals surface area contributed by atoms with Crippen molar-refractivity contribution in [2.75, 3.05) is 0 Å². The van der Waals surface area contributed by atoms with Gasteiger partial charge >= 0.3 is 6.16 Å². The molecule has 0 amide bonds. The van der Waals surface area contributed by atoms with Gasteiger partial charge in [0.15, 0.2) is 0 Å². The number of ether oxygens (including phenoxy) is 1. The highest BCUT2D eigenvalue weighted by Gasteiger charge is 2.16. The molecule has 0 fully saturated rings. The highest BCUT2D eigenvalue weighted by Crippen LogP contribution is 2.35. The number of benzene rings is 2. The lowest BCUT2D eigenvalue weighted by Crippen LogP contribution is -2.07. The predicted molar refractivity (Wildman–Crippen MR) is 97.9 cm³/mol. The fourth-order valence-electron chi connectivity index (χ4n) is 3.27. The lowest BCUT2D eigenvalue weighted by molar-refractivity contribution is 0.144. The first-order valence-electron chi connectivity index (χ1n) is 8.76. The molecule has 2 aromatic carbocycles. The number of hydrogen-bond acceptors (Lipinski definition) is 2. The second kappa shape index (κ2) is 8.53. The van der Waals surface area contributed by atoms with E-state index in [1.807, 2.05) is 13.0 Å². The van der Waals surface area contributed by atoms with E-state index in [9.17, 15) is 4.79 Å². The van der Waals surface area contributed by atoms with E-state index < -0.39 is 6.16 Å². The summed E-state index contributed by atoms with van der Waals surface area (Å²) in [5, 5.41) is 8.96. The maximum Gasteiger partial charge on any atom is 0.511 e. The van der Waals surface area contributed by atoms with Gasteiger partial charge in [0.05, 0.1) is 0 Å². The molecule has 0 aromatic heterocycles. The molecular weight excluding hydrogens is 300 g/mol. The molecule has 0 aliphatic heterocycles. The molecular formula is C21H26O3. The van der Waals surface area contributed by atoms with Gasteiger partial charge in [0.2, 0.25) is 0 Å². The Morgan fingerprint density at radius 1 is 0.958 bits per heavy atom. The molecule has 3 heteroatoms. The molecule has 128 valence electrons. The first-order chi connectivity index (χ1) is 11.6. The average molecular weight is 326 g/mol. The highest BCUT2D eigenvalue weighted by molar-refractivity contribution is 5.74. The number of carboxylic acid groups (broad SMARTS) is 1. The monoisotopic (exact) mass is 326 g/mol. The van der Waals surface area contributed by atoms with E-state index in [1.54, 1.807) is 6.07 Å². The summed E-state index contributed by atoms with van der Waals surface area (Å²) in [7, 11) is 0. The Hall–Kier alpha value is -2.29. The van der Waals surface area contributed by atoms with Crippen molar-refractivity contribution < 1.29 is 14.6 Å². The van der Waals surface area contributed by atoms with Crippen LogP contribution < -0.4 is 4.74 Å². The Bertz CT molecular complexity index is 704. The number of unbranched alkanes of at least 4 members (excludes halogenated alkanes) is 1. The van der Waals surface area contributed by atoms with Gasteiger partial charge in [-0.15, -0.1) is 0 Å². The lowest BCUT2D eigenvalue weighted by Gasteiger charge is -2.18. The van der Waals surface area contributed by atoms with Crippen molar-refractivity contribution in [3.63, 3.8) is 0 Å². The molecule has 0 spiro atoms. The van der Waals surface area contributed by atoms with Crippen molar-refractivity contribution in [1.29, 1.82) is 0 Å². The van der Waals surface area contributed by atoms with Crippen LogP contribution in [-0.2, 0) is 19.3 Å². The topological polar surface area (TPSA) is 46.5 Å². The van der Waals surface area contributed by atoms with Crippen molar-refractivity contribution in [2.24, 2.45) is 0 Å². The minimum absolute atomic E-state index is 0.455. The molecule has 1 N–H and O–H groups in total. The predicted octanol–water partition coefficient (Wildman–Crippen LogP) is 5.88. The summed E-state index contributed by atoms with van der Waals surface area (Å²) >= 11 is 0. The van der Waals surface area contributed by atoms with Crippen LogP contribution in [0.25, 0.3) is 11.1 Å². The second-order valence-corrected chi connectivity index (χ2v) is 5.90. The summed E-state index contributed by atoms with van der Waals surface area (Å²) in [6.45, 7) is 6.35. The molecule has 0 aliphatic carbocycles. The van der Waals surface area contributed by atoms with Crippen LogP contribution in [0.5, 0.6) is 5.75 Å². The van der Waals surface area contributed by atoms with Crippen molar-refractivity contribution in [2.45, 2.75) is 52.9 Å². The van der Waals surface area contributed by atoms with Gasteiger partial charge in [-0.1, -0.05) is 57.5 Å². The Balaban J connectivity index is 2.57. The molecule has 0 bridgehead atoms. The van der Waals surface area contributed by atoms with Crippen LogP contribution in [0.4, 0.5) is 4.79 Å². The molecule has 0 heterocycles. The van der Waals surface area contributed by atoms with Crippen LogP contribution in [0.2, 0.25) is 0 Å². The Morgan fingerprint density at radius 2 is 1.67 bits per heavy atom. The van der Waals surface area contributed by atoms with E-state index in [0.29, 0.717) is 5.75 Å². The fourth-order valence-corrected chi connectivity index (χ4v) is 3.27. The van der Waals surface area contributed by atoms with Gasteiger partial charge < -0.3 is 9.84 Å². The highest BCUT2D eigenvalue weighted by atomic mass is 16.7. The smallest absolute Gasteiger partial charge is 0.449 e. The Labute approximate surface area is 144 Å². The van der Waals surface area contributed by atoms with Crippen molar-refractivity contribution >= 4 is 6.16 Å². The van der Waals surface area contributed by atoms with Gasteiger partial charge in [-0.3, -0.25) is 0 Å². The van der Waals surface area contributed by atoms with Crippen LogP contribution in [0.1, 0.15) is 50.3 Å². The third-order valence-corrected chi connectivity index (χ3v) is 4.40. The quantitative estimate of drug-likeness (QED) is 0.510. The summed E-state index contributed by atoms with van der Waals surface area (Å²) < 4.78 is 4.98. The molecule has 3 nitrogen and oxygen atoms in total. The van der Waals surface area contributed by atoms with E-state index in [2.05, 4.69) is 38.1 Å². The molecule has 2 rings (SSSR count). The zero-order chi connectivity index (χ0) is 17.5. The largest absolute Gasteiger partial charge is 0.511 e. The van der Waals surface area contributed by atoms with E-state index >= 15 is 0 Å². The number of rotatable bonds is 7. The maximum absolute atomic E-state index is 10.9. The van der Waals surface area contributed by atoms with Gasteiger partial charge in [0.1, 0.15) is 5.75 Å². The summed E-state index contributed by atoms with van der Waals surface area (Å²) in [6, 6.07) is 12.3. The molecule has 24 heavy (non-hydrogen) atoms. The molecule has 0 saturated carbocycles. The van der Waals surface area contributed by atoms with Crippen LogP contribution in [0, 0.1) is 0 Å². The Kier molecular flexibility index (Phi) is 6.42. The van der Waals surface area contributed by atoms with E-state index in [4.69, 9.17) is 9.84 Å². The summed E-state index contributed by atoms with van der Waals surface area (Å²) in [4.78, 5) is 10.9. The molecule has 0 atom stereocenters. The fraction of sp³-hybridized carbons (Fsp3) is 0.381. The van der Waals surface area contributed by atoms with Crippen LogP contribution in [-0.4, -0.2) is 11.3 Å². The van der Waals surface area contributed by atoms with E-state index in [-0.39, 0.29) is 0 Å². The third-order valence-electron chi connectivity index (χ3n) is 4.40. The average Bonchev–Trinajstić information content (AvgIpc) is 2.59. The lowest BCUT2D eigenvalue weighted by atomic mass is 9.88. The minimum Gasteiger partial charge on any atom is -0.449 e. The molecule has 0 unspecified atom stereocenters. The first kappa shape index (κ1) is 18.1. The van der Waals surface area contributed by atoms with E-state index in [1.165, 1.54) is 35.1 Å². The van der Waals surface area contributed by atoms with Crippen LogP contribution >= 0.6 is 0 Å². The maximum atomic E-state index is 10.9. The molecule has 2 aromatic rings. The normalized spacial score (nSPS) is 10.6. The summed E-state index contributed by atoms with van der Waals surface area (Å²) in [5.74, 6) is 0.455. The molecule has 0 radical (unpaired) electrons. The standard InChI is InChI=1S/C21H26O3/c1-4-7-10-15-11-8-9-12-18(15)19-13-14-20(24-21(22)23)17(6-3)16(19)5-2/h8-9,11-14H,4-7,10H2,1-3H3,(H,22,23). The van der Waals surface area contributed by atoms with Gasteiger partial charge in [-0.25, -0.2) is 4.79 Å². The zero-order valence-corrected chi connectivity index (χ0v) is 14.8. The first-order valence-corrected chi connectivity index (χ1v) is 8.76. The minimum atomic E-state index is -1.26. The van der Waals surface area contributed by atoms with Crippen molar-refractivity contribution in [3.8, 4) is 16.9 Å². The van der Waals surface area contributed by atoms with Gasteiger partial charge in [-0.05, 0) is 59.6 Å². The SMILES string of the molecule is CCCCc1ccccc1-c1ccc(OC(=O)O)c(CC)c1CC. The van der Waals surface area contributed by atoms with Gasteiger partial charge in [-0.2, -0.15) is 0 Å². The van der Waals surface area contributed by atoms with Crippen LogP contribution in [0.15, 0.2) is 36.4 Å². The number of hydrogen-bond donors (Lipinski definition) is 1. The van der Waals surface area contributed by atoms with Crippen molar-refractivity contribution in [1.82, 2.24) is 0 Å².